The molecule has 0 aromatic carbocycles. The average molecular weight is 519 g/mol. The number of rotatable bonds is 19. The highest BCUT2D eigenvalue weighted by molar-refractivity contribution is 9.12. The van der Waals surface area contributed by atoms with Crippen LogP contribution in [0.2, 0.25) is 0 Å². The van der Waals surface area contributed by atoms with Crippen molar-refractivity contribution in [2.45, 2.75) is 8.98 Å². The van der Waals surface area contributed by atoms with Crippen LogP contribution in [-0.4, -0.2) is 98.5 Å². The molecular formula is C14H27Br2ClO8. The van der Waals surface area contributed by atoms with Gasteiger partial charge in [0.1, 0.15) is 0 Å². The lowest BCUT2D eigenvalue weighted by atomic mass is 10.6. The molecule has 0 aliphatic rings. The van der Waals surface area contributed by atoms with Crippen molar-refractivity contribution in [1.82, 2.24) is 0 Å². The van der Waals surface area contributed by atoms with Crippen LogP contribution in [0, 0.1) is 0 Å². The summed E-state index contributed by atoms with van der Waals surface area (Å²) in [6.45, 7) is 4.79. The molecule has 11 heteroatoms. The maximum atomic E-state index is 9.34. The zero-order valence-corrected chi connectivity index (χ0v) is 18.0. The summed E-state index contributed by atoms with van der Waals surface area (Å²) < 4.78 is 29.8. The number of hydrogen-bond donors (Lipinski definition) is 2. The first-order valence-corrected chi connectivity index (χ1v) is 9.92. The Balaban J connectivity index is 3.10. The number of alkyl halides is 3. The molecule has 0 aromatic heterocycles. The third-order valence-electron chi connectivity index (χ3n) is 2.49. The lowest BCUT2D eigenvalue weighted by Gasteiger charge is -2.19. The molecule has 8 nitrogen and oxygen atoms in total. The molecule has 0 saturated heterocycles. The van der Waals surface area contributed by atoms with Gasteiger partial charge in [0.25, 0.3) is 0 Å². The lowest BCUT2D eigenvalue weighted by Crippen LogP contribution is -2.28. The summed E-state index contributed by atoms with van der Waals surface area (Å²) >= 11 is 11.5. The van der Waals surface area contributed by atoms with Gasteiger partial charge in [-0.3, -0.25) is 0 Å². The van der Waals surface area contributed by atoms with Crippen LogP contribution in [0.5, 0.6) is 0 Å². The van der Waals surface area contributed by atoms with E-state index in [0.29, 0.717) is 66.1 Å². The second kappa shape index (κ2) is 18.3. The maximum Gasteiger partial charge on any atom is 0.231 e. The molecule has 0 spiro atoms. The van der Waals surface area contributed by atoms with E-state index in [1.54, 1.807) is 0 Å². The fraction of sp³-hybridized carbons (Fsp3) is 1.00. The minimum absolute atomic E-state index is 0.0226. The summed E-state index contributed by atoms with van der Waals surface area (Å²) in [5, 5.41) is 17.1. The highest BCUT2D eigenvalue weighted by Gasteiger charge is 2.29. The molecule has 0 rings (SSSR count). The molecule has 0 radical (unpaired) electrons. The Kier molecular flexibility index (Phi) is 19.0. The second-order valence-corrected chi connectivity index (χ2v) is 7.63. The van der Waals surface area contributed by atoms with Gasteiger partial charge < -0.3 is 38.6 Å². The Morgan fingerprint density at radius 2 is 1.04 bits per heavy atom. The Hall–Kier alpha value is 0.930. The van der Waals surface area contributed by atoms with Gasteiger partial charge >= 0.3 is 0 Å². The summed E-state index contributed by atoms with van der Waals surface area (Å²) in [5.41, 5.74) is 0. The number of aliphatic hydroxyl groups is 2. The van der Waals surface area contributed by atoms with Gasteiger partial charge in [0.05, 0.1) is 79.3 Å². The van der Waals surface area contributed by atoms with E-state index >= 15 is 0 Å². The first kappa shape index (κ1) is 25.9. The van der Waals surface area contributed by atoms with Gasteiger partial charge in [-0.05, 0) is 15.9 Å². The van der Waals surface area contributed by atoms with Crippen molar-refractivity contribution in [2.75, 3.05) is 79.3 Å². The van der Waals surface area contributed by atoms with E-state index in [0.717, 1.165) is 0 Å². The van der Waals surface area contributed by atoms with E-state index in [4.69, 9.17) is 45.1 Å². The van der Waals surface area contributed by atoms with Crippen LogP contribution in [0.15, 0.2) is 0 Å². The van der Waals surface area contributed by atoms with Crippen LogP contribution in [-0.2, 0) is 28.4 Å². The van der Waals surface area contributed by atoms with Crippen molar-refractivity contribution in [1.29, 1.82) is 0 Å². The van der Waals surface area contributed by atoms with Crippen molar-refractivity contribution >= 4 is 43.5 Å². The number of hydrogen-bond acceptors (Lipinski definition) is 8. The second-order valence-electron chi connectivity index (χ2n) is 4.56. The molecule has 0 bridgehead atoms. The summed E-state index contributed by atoms with van der Waals surface area (Å²) in [4.78, 5) is 0. The van der Waals surface area contributed by atoms with E-state index in [2.05, 4.69) is 31.9 Å². The monoisotopic (exact) mass is 516 g/mol. The Bertz CT molecular complexity index is 284. The van der Waals surface area contributed by atoms with Crippen molar-refractivity contribution < 1.29 is 38.6 Å². The van der Waals surface area contributed by atoms with Gasteiger partial charge in [-0.1, -0.05) is 27.5 Å². The minimum atomic E-state index is -1.64. The average Bonchev–Trinajstić information content (AvgIpc) is 2.56. The zero-order chi connectivity index (χ0) is 18.8. The summed E-state index contributed by atoms with van der Waals surface area (Å²) in [6, 6.07) is 0. The van der Waals surface area contributed by atoms with Gasteiger partial charge in [-0.15, -0.1) is 0 Å². The van der Waals surface area contributed by atoms with E-state index < -0.39 is 8.98 Å². The molecule has 0 aliphatic heterocycles. The normalized spacial score (nSPS) is 15.2. The SMILES string of the molecule is OCCOCCOCCOCCOCCOCCOC(Br)C(O)(Cl)Br. The molecule has 0 saturated carbocycles. The smallest absolute Gasteiger partial charge is 0.231 e. The standard InChI is InChI=1S/C14H27Br2ClO8/c15-13(14(16,17)19)25-12-11-24-10-9-23-8-7-22-6-5-21-4-3-20-2-1-18/h13,18-19H,1-12H2. The third kappa shape index (κ3) is 19.5. The van der Waals surface area contributed by atoms with Gasteiger partial charge in [0.2, 0.25) is 3.97 Å². The van der Waals surface area contributed by atoms with E-state index in [-0.39, 0.29) is 13.2 Å². The summed E-state index contributed by atoms with van der Waals surface area (Å²) in [6.07, 6.45) is 0. The lowest BCUT2D eigenvalue weighted by molar-refractivity contribution is -0.0247. The Morgan fingerprint density at radius 3 is 1.36 bits per heavy atom. The minimum Gasteiger partial charge on any atom is -0.394 e. The molecular weight excluding hydrogens is 491 g/mol. The quantitative estimate of drug-likeness (QED) is 0.194. The number of aliphatic hydroxyl groups excluding tert-OH is 1. The Labute approximate surface area is 170 Å². The molecule has 0 aliphatic carbocycles. The molecule has 0 heterocycles. The van der Waals surface area contributed by atoms with Crippen LogP contribution in [0.4, 0.5) is 0 Å². The summed E-state index contributed by atoms with van der Waals surface area (Å²) in [5.74, 6) is 0. The van der Waals surface area contributed by atoms with Gasteiger partial charge in [-0.2, -0.15) is 0 Å². The Morgan fingerprint density at radius 1 is 0.720 bits per heavy atom. The zero-order valence-electron chi connectivity index (χ0n) is 14.0. The molecule has 2 N–H and O–H groups in total. The van der Waals surface area contributed by atoms with Crippen LogP contribution in [0.3, 0.4) is 0 Å². The molecule has 0 aromatic rings. The first-order valence-electron chi connectivity index (χ1n) is 7.84. The van der Waals surface area contributed by atoms with Gasteiger partial charge in [0.15, 0.2) is 5.01 Å². The maximum absolute atomic E-state index is 9.34. The van der Waals surface area contributed by atoms with E-state index in [1.165, 1.54) is 0 Å². The predicted octanol–water partition coefficient (Wildman–Crippen LogP) is 1.08. The largest absolute Gasteiger partial charge is 0.394 e. The highest BCUT2D eigenvalue weighted by atomic mass is 79.9. The van der Waals surface area contributed by atoms with Crippen LogP contribution in [0.25, 0.3) is 0 Å². The van der Waals surface area contributed by atoms with Crippen molar-refractivity contribution in [3.8, 4) is 0 Å². The molecule has 2 atom stereocenters. The topological polar surface area (TPSA) is 95.8 Å². The van der Waals surface area contributed by atoms with Crippen LogP contribution < -0.4 is 0 Å². The molecule has 0 fully saturated rings. The van der Waals surface area contributed by atoms with Crippen molar-refractivity contribution in [2.24, 2.45) is 0 Å². The summed E-state index contributed by atoms with van der Waals surface area (Å²) in [7, 11) is 0. The van der Waals surface area contributed by atoms with Crippen molar-refractivity contribution in [3.05, 3.63) is 0 Å². The van der Waals surface area contributed by atoms with Crippen LogP contribution >= 0.6 is 43.5 Å². The van der Waals surface area contributed by atoms with E-state index in [1.807, 2.05) is 0 Å². The highest BCUT2D eigenvalue weighted by Crippen LogP contribution is 2.30. The molecule has 25 heavy (non-hydrogen) atoms. The van der Waals surface area contributed by atoms with Crippen LogP contribution in [0.1, 0.15) is 0 Å². The van der Waals surface area contributed by atoms with Crippen molar-refractivity contribution in [3.63, 3.8) is 0 Å². The molecule has 152 valence electrons. The fourth-order valence-electron chi connectivity index (χ4n) is 1.36. The fourth-order valence-corrected chi connectivity index (χ4v) is 1.74. The van der Waals surface area contributed by atoms with Gasteiger partial charge in [-0.25, -0.2) is 0 Å². The van der Waals surface area contributed by atoms with E-state index in [9.17, 15) is 5.11 Å². The predicted molar refractivity (Wildman–Crippen MR) is 99.6 cm³/mol. The number of ether oxygens (including phenoxy) is 6. The van der Waals surface area contributed by atoms with Gasteiger partial charge in [0, 0.05) is 0 Å². The number of halogens is 3. The molecule has 0 amide bonds. The first-order chi connectivity index (χ1) is 12.0. The molecule has 2 unspecified atom stereocenters. The third-order valence-corrected chi connectivity index (χ3v) is 4.91.